The fraction of sp³-hybridized carbons (Fsp3) is 0.951. The minimum absolute atomic E-state index is 0.0114. The number of hydrogen-bond donors (Lipinski definition) is 4. The zero-order valence-corrected chi connectivity index (χ0v) is 56.3. The molecule has 2 fully saturated rings. The number of unbranched alkanes of at least 4 members (excludes halogenated alkanes) is 1. The van der Waals surface area contributed by atoms with Crippen molar-refractivity contribution in [3.05, 3.63) is 0 Å². The minimum Gasteiger partial charge on any atom is -0.481 e. The van der Waals surface area contributed by atoms with E-state index < -0.39 is 5.97 Å². The second-order valence-electron chi connectivity index (χ2n) is 20.1. The molecule has 4 N–H and O–H groups in total. The Morgan fingerprint density at radius 2 is 0.548 bits per heavy atom. The number of aliphatic carboxylic acids is 1. The van der Waals surface area contributed by atoms with Gasteiger partial charge in [-0.05, 0) is 12.8 Å². The maximum absolute atomic E-state index is 12.1. The molecule has 0 unspecified atom stereocenters. The number of carbonyl (C=O) groups excluding carboxylic acids is 2. The van der Waals surface area contributed by atoms with Crippen LogP contribution in [0.3, 0.4) is 0 Å². The fourth-order valence-corrected chi connectivity index (χ4v) is 9.49. The Labute approximate surface area is 555 Å². The number of amides is 3. The molecule has 2 aliphatic heterocycles. The molecule has 2 rings (SSSR count). The average molecular weight is 1370 g/mol. The van der Waals surface area contributed by atoms with Crippen LogP contribution in [0.1, 0.15) is 32.1 Å². The summed E-state index contributed by atoms with van der Waals surface area (Å²) in [6.07, 6.45) is 3.29. The van der Waals surface area contributed by atoms with Crippen LogP contribution in [0.4, 0.5) is 4.79 Å². The summed E-state index contributed by atoms with van der Waals surface area (Å²) in [5, 5.41) is 17.8. The van der Waals surface area contributed by atoms with E-state index in [1.807, 2.05) is 11.8 Å². The number of carboxylic acid groups (broad SMARTS) is 1. The lowest BCUT2D eigenvalue weighted by molar-refractivity contribution is -0.138. The van der Waals surface area contributed by atoms with Crippen molar-refractivity contribution in [3.63, 3.8) is 0 Å². The van der Waals surface area contributed by atoms with E-state index in [1.165, 1.54) is 0 Å². The van der Waals surface area contributed by atoms with E-state index in [1.54, 1.807) is 0 Å². The van der Waals surface area contributed by atoms with E-state index in [2.05, 4.69) is 16.0 Å². The average Bonchev–Trinajstić information content (AvgIpc) is 1.68. The lowest BCUT2D eigenvalue weighted by Gasteiger charge is -2.16. The molecular weight excluding hydrogens is 1250 g/mol. The first-order valence-corrected chi connectivity index (χ1v) is 34.1. The van der Waals surface area contributed by atoms with Gasteiger partial charge in [-0.15, -0.1) is 0 Å². The largest absolute Gasteiger partial charge is 0.481 e. The standard InChI is InChI=1S/C61H117N3O28S/c65-58(4-2-1-3-57-60-56(55-93-57)63-61(68)64-60)62-6-8-70-10-12-72-14-16-74-18-20-76-22-24-78-26-28-80-30-32-82-34-36-84-38-40-86-42-44-88-46-48-90-50-52-92-54-53-91-51-49-89-47-45-87-43-41-85-39-37-83-35-33-81-31-29-79-27-25-77-23-21-75-19-17-73-15-13-71-11-9-69-7-5-59(66)67/h56-57,60H,1-55H2,(H,62,65)(H,66,67)(H2,63,64,68)/t56-,57-,60-/m0/s1. The van der Waals surface area contributed by atoms with Crippen LogP contribution in [0, 0.1) is 0 Å². The van der Waals surface area contributed by atoms with E-state index in [-0.39, 0.29) is 37.0 Å². The first-order chi connectivity index (χ1) is 46.1. The molecule has 0 aliphatic carbocycles. The number of carboxylic acids is 1. The van der Waals surface area contributed by atoms with Crippen LogP contribution in [-0.2, 0) is 123 Å². The van der Waals surface area contributed by atoms with Crippen molar-refractivity contribution in [2.24, 2.45) is 0 Å². The van der Waals surface area contributed by atoms with Crippen LogP contribution in [0.15, 0.2) is 0 Å². The molecule has 31 nitrogen and oxygen atoms in total. The summed E-state index contributed by atoms with van der Waals surface area (Å²) in [7, 11) is 0. The Kier molecular flexibility index (Phi) is 67.4. The van der Waals surface area contributed by atoms with Gasteiger partial charge in [0.25, 0.3) is 0 Å². The predicted octanol–water partition coefficient (Wildman–Crippen LogP) is 0.701. The first kappa shape index (κ1) is 86.7. The number of carbonyl (C=O) groups is 3. The number of hydrogen-bond acceptors (Lipinski definition) is 28. The summed E-state index contributed by atoms with van der Waals surface area (Å²) in [6.45, 7) is 22.6. The zero-order valence-electron chi connectivity index (χ0n) is 55.5. The molecule has 0 radical (unpaired) electrons. The van der Waals surface area contributed by atoms with Gasteiger partial charge in [-0.1, -0.05) is 6.42 Å². The van der Waals surface area contributed by atoms with Gasteiger partial charge < -0.3 is 135 Å². The number of urea groups is 1. The molecule has 0 spiro atoms. The van der Waals surface area contributed by atoms with Crippen molar-refractivity contribution in [2.75, 3.05) is 329 Å². The quantitative estimate of drug-likeness (QED) is 0.0481. The SMILES string of the molecule is O=C(O)CCOCCOCCOCCOCCOCCOCCOCCOCCOCCOCCOCCOCCOCCOCCOCCOCCOCCOCCOCCOCCOCCOCCOCCOCCNC(=O)CCCC[C@@H]1SC[C@@H]2NC(=O)N[C@@H]21. The topological polar surface area (TPSA) is 329 Å². The van der Waals surface area contributed by atoms with Crippen molar-refractivity contribution < 1.29 is 133 Å². The number of fused-ring (bicyclic) bond motifs is 1. The number of thioether (sulfide) groups is 1. The molecule has 2 heterocycles. The molecule has 2 aliphatic rings. The maximum Gasteiger partial charge on any atom is 0.315 e. The summed E-state index contributed by atoms with van der Waals surface area (Å²) in [4.78, 5) is 34.0. The lowest BCUT2D eigenvalue weighted by Crippen LogP contribution is -2.36. The number of ether oxygens (including phenoxy) is 24. The lowest BCUT2D eigenvalue weighted by atomic mass is 10.0. The molecular formula is C61H117N3O28S. The number of rotatable bonds is 80. The van der Waals surface area contributed by atoms with Gasteiger partial charge in [-0.2, -0.15) is 11.8 Å². The van der Waals surface area contributed by atoms with Crippen molar-refractivity contribution in [1.82, 2.24) is 16.0 Å². The van der Waals surface area contributed by atoms with Crippen LogP contribution in [0.25, 0.3) is 0 Å². The molecule has 0 aromatic heterocycles. The predicted molar refractivity (Wildman–Crippen MR) is 339 cm³/mol. The van der Waals surface area contributed by atoms with E-state index in [4.69, 9.17) is 119 Å². The summed E-state index contributed by atoms with van der Waals surface area (Å²) < 4.78 is 132. The monoisotopic (exact) mass is 1370 g/mol. The van der Waals surface area contributed by atoms with Gasteiger partial charge >= 0.3 is 12.0 Å². The van der Waals surface area contributed by atoms with Crippen LogP contribution in [-0.4, -0.2) is 370 Å². The van der Waals surface area contributed by atoms with Crippen molar-refractivity contribution in [2.45, 2.75) is 49.4 Å². The third-order valence-corrected chi connectivity index (χ3v) is 14.2. The fourth-order valence-electron chi connectivity index (χ4n) is 7.94. The van der Waals surface area contributed by atoms with Gasteiger partial charge in [-0.3, -0.25) is 9.59 Å². The Morgan fingerprint density at radius 1 is 0.323 bits per heavy atom. The van der Waals surface area contributed by atoms with Crippen LogP contribution < -0.4 is 16.0 Å². The van der Waals surface area contributed by atoms with Gasteiger partial charge in [0.05, 0.1) is 336 Å². The van der Waals surface area contributed by atoms with Crippen molar-refractivity contribution >= 4 is 29.7 Å². The molecule has 550 valence electrons. The maximum atomic E-state index is 12.1. The normalized spacial score (nSPS) is 15.4. The summed E-state index contributed by atoms with van der Waals surface area (Å²) in [5.41, 5.74) is 0. The first-order valence-electron chi connectivity index (χ1n) is 33.1. The Bertz CT molecular complexity index is 1590. The minimum atomic E-state index is -0.881. The highest BCUT2D eigenvalue weighted by Crippen LogP contribution is 2.33. The second kappa shape index (κ2) is 72.3. The van der Waals surface area contributed by atoms with E-state index in [9.17, 15) is 14.4 Å². The van der Waals surface area contributed by atoms with Gasteiger partial charge in [-0.25, -0.2) is 4.79 Å². The Morgan fingerprint density at radius 3 is 0.785 bits per heavy atom. The third kappa shape index (κ3) is 64.1. The van der Waals surface area contributed by atoms with Gasteiger partial charge in [0.1, 0.15) is 0 Å². The van der Waals surface area contributed by atoms with Gasteiger partial charge in [0, 0.05) is 24.0 Å². The highest BCUT2D eigenvalue weighted by atomic mass is 32.2. The number of nitrogens with one attached hydrogen (secondary N) is 3. The molecule has 0 saturated carbocycles. The summed E-state index contributed by atoms with van der Waals surface area (Å²) >= 11 is 1.90. The smallest absolute Gasteiger partial charge is 0.315 e. The second-order valence-corrected chi connectivity index (χ2v) is 21.3. The molecule has 3 atom stereocenters. The molecule has 0 bridgehead atoms. The van der Waals surface area contributed by atoms with Crippen molar-refractivity contribution in [3.8, 4) is 0 Å². The molecule has 32 heteroatoms. The third-order valence-electron chi connectivity index (χ3n) is 12.7. The molecule has 0 aromatic rings. The van der Waals surface area contributed by atoms with E-state index in [0.29, 0.717) is 329 Å². The Hall–Kier alpha value is -2.40. The molecule has 2 saturated heterocycles. The van der Waals surface area contributed by atoms with Crippen LogP contribution in [0.2, 0.25) is 0 Å². The molecule has 93 heavy (non-hydrogen) atoms. The van der Waals surface area contributed by atoms with Crippen LogP contribution >= 0.6 is 11.8 Å². The summed E-state index contributed by atoms with van der Waals surface area (Å²) in [6, 6.07) is 0.383. The molecule has 0 aromatic carbocycles. The highest BCUT2D eigenvalue weighted by molar-refractivity contribution is 8.00. The van der Waals surface area contributed by atoms with Crippen molar-refractivity contribution in [1.29, 1.82) is 0 Å². The van der Waals surface area contributed by atoms with E-state index in [0.717, 1.165) is 25.0 Å². The van der Waals surface area contributed by atoms with Gasteiger partial charge in [0.2, 0.25) is 5.91 Å². The van der Waals surface area contributed by atoms with Crippen LogP contribution in [0.5, 0.6) is 0 Å². The zero-order chi connectivity index (χ0) is 66.2. The Balaban J connectivity index is 1.09. The summed E-state index contributed by atoms with van der Waals surface area (Å²) in [5.74, 6) is 0.107. The molecule has 3 amide bonds. The van der Waals surface area contributed by atoms with Gasteiger partial charge in [0.15, 0.2) is 0 Å². The highest BCUT2D eigenvalue weighted by Gasteiger charge is 2.42. The van der Waals surface area contributed by atoms with E-state index >= 15 is 0 Å².